The summed E-state index contributed by atoms with van der Waals surface area (Å²) in [5.41, 5.74) is 6.01. The molecule has 2 rings (SSSR count). The van der Waals surface area contributed by atoms with Crippen LogP contribution < -0.4 is 5.73 Å². The van der Waals surface area contributed by atoms with E-state index in [0.717, 1.165) is 31.4 Å². The van der Waals surface area contributed by atoms with Gasteiger partial charge in [-0.05, 0) is 31.9 Å². The molecule has 2 N–H and O–H groups in total. The molecule has 2 fully saturated rings. The Morgan fingerprint density at radius 2 is 2.18 bits per heavy atom. The average molecular weight is 256 g/mol. The lowest BCUT2D eigenvalue weighted by Crippen LogP contribution is -2.54. The molecule has 4 heteroatoms. The summed E-state index contributed by atoms with van der Waals surface area (Å²) in [5, 5.41) is 0. The molecule has 0 spiro atoms. The van der Waals surface area contributed by atoms with Crippen LogP contribution in [0.25, 0.3) is 0 Å². The molecule has 3 atom stereocenters. The van der Waals surface area contributed by atoms with Gasteiger partial charge in [0.2, 0.25) is 5.91 Å². The molecule has 1 amide bonds. The third-order valence-corrected chi connectivity index (χ3v) is 5.50. The van der Waals surface area contributed by atoms with Crippen LogP contribution in [0, 0.1) is 5.92 Å². The van der Waals surface area contributed by atoms with Crippen LogP contribution in [0.3, 0.4) is 0 Å². The van der Waals surface area contributed by atoms with Gasteiger partial charge >= 0.3 is 0 Å². The van der Waals surface area contributed by atoms with Crippen LogP contribution in [-0.4, -0.2) is 40.9 Å². The van der Waals surface area contributed by atoms with E-state index in [2.05, 4.69) is 0 Å². The Morgan fingerprint density at radius 3 is 2.76 bits per heavy atom. The van der Waals surface area contributed by atoms with Gasteiger partial charge in [-0.2, -0.15) is 11.8 Å². The second-order valence-electron chi connectivity index (χ2n) is 5.77. The van der Waals surface area contributed by atoms with Gasteiger partial charge in [0.05, 0.1) is 5.92 Å². The van der Waals surface area contributed by atoms with E-state index in [-0.39, 0.29) is 17.4 Å². The molecule has 98 valence electrons. The number of rotatable bonds is 2. The first-order chi connectivity index (χ1) is 8.02. The highest BCUT2D eigenvalue weighted by atomic mass is 32.2. The molecule has 0 bridgehead atoms. The van der Waals surface area contributed by atoms with Crippen molar-refractivity contribution in [1.29, 1.82) is 0 Å². The molecular weight excluding hydrogens is 232 g/mol. The first-order valence-corrected chi connectivity index (χ1v) is 7.81. The smallest absolute Gasteiger partial charge is 0.227 e. The van der Waals surface area contributed by atoms with E-state index < -0.39 is 0 Å². The maximum absolute atomic E-state index is 12.5. The summed E-state index contributed by atoms with van der Waals surface area (Å²) < 4.78 is 0. The lowest BCUT2D eigenvalue weighted by atomic mass is 9.74. The second kappa shape index (κ2) is 5.19. The van der Waals surface area contributed by atoms with Gasteiger partial charge in [0.25, 0.3) is 0 Å². The fourth-order valence-electron chi connectivity index (χ4n) is 3.02. The first-order valence-electron chi connectivity index (χ1n) is 6.65. The molecule has 1 saturated heterocycles. The van der Waals surface area contributed by atoms with Crippen molar-refractivity contribution in [3.8, 4) is 0 Å². The lowest BCUT2D eigenvalue weighted by Gasteiger charge is -2.40. The van der Waals surface area contributed by atoms with Crippen molar-refractivity contribution in [1.82, 2.24) is 4.90 Å². The van der Waals surface area contributed by atoms with E-state index in [4.69, 9.17) is 5.73 Å². The number of nitrogens with two attached hydrogens (primary N) is 1. The molecular formula is C13H24N2OS. The van der Waals surface area contributed by atoms with E-state index in [1.54, 1.807) is 0 Å². The molecule has 0 aromatic heterocycles. The van der Waals surface area contributed by atoms with Gasteiger partial charge in [-0.25, -0.2) is 0 Å². The van der Waals surface area contributed by atoms with Crippen LogP contribution in [0.2, 0.25) is 0 Å². The molecule has 3 unspecified atom stereocenters. The molecule has 2 aliphatic rings. The van der Waals surface area contributed by atoms with Crippen molar-refractivity contribution in [2.45, 2.75) is 50.6 Å². The predicted molar refractivity (Wildman–Crippen MR) is 73.1 cm³/mol. The normalized spacial score (nSPS) is 38.1. The van der Waals surface area contributed by atoms with Gasteiger partial charge in [-0.3, -0.25) is 4.79 Å². The summed E-state index contributed by atoms with van der Waals surface area (Å²) in [5.74, 6) is 2.59. The minimum absolute atomic E-state index is 0.0341. The van der Waals surface area contributed by atoms with Gasteiger partial charge in [0, 0.05) is 24.4 Å². The Labute approximate surface area is 108 Å². The summed E-state index contributed by atoms with van der Waals surface area (Å²) in [7, 11) is 1.96. The number of thioether (sulfide) groups is 1. The van der Waals surface area contributed by atoms with Crippen molar-refractivity contribution in [3.05, 3.63) is 0 Å². The molecule has 0 aromatic carbocycles. The zero-order chi connectivity index (χ0) is 12.5. The van der Waals surface area contributed by atoms with E-state index >= 15 is 0 Å². The molecule has 17 heavy (non-hydrogen) atoms. The van der Waals surface area contributed by atoms with E-state index in [1.165, 1.54) is 12.2 Å². The van der Waals surface area contributed by atoms with Crippen molar-refractivity contribution in [3.63, 3.8) is 0 Å². The quantitative estimate of drug-likeness (QED) is 0.820. The number of amides is 1. The molecule has 1 heterocycles. The van der Waals surface area contributed by atoms with Crippen LogP contribution >= 0.6 is 11.8 Å². The van der Waals surface area contributed by atoms with Gasteiger partial charge < -0.3 is 10.6 Å². The predicted octanol–water partition coefficient (Wildman–Crippen LogP) is 1.86. The van der Waals surface area contributed by atoms with E-state index in [0.29, 0.717) is 6.04 Å². The third kappa shape index (κ3) is 2.79. The number of hydrogen-bond acceptors (Lipinski definition) is 3. The lowest BCUT2D eigenvalue weighted by molar-refractivity contribution is -0.139. The highest BCUT2D eigenvalue weighted by molar-refractivity contribution is 7.99. The van der Waals surface area contributed by atoms with Gasteiger partial charge in [-0.1, -0.05) is 12.8 Å². The number of hydrogen-bond donors (Lipinski definition) is 1. The molecule has 0 radical (unpaired) electrons. The van der Waals surface area contributed by atoms with Crippen molar-refractivity contribution < 1.29 is 4.79 Å². The number of nitrogens with zero attached hydrogens (tertiary/aromatic N) is 1. The highest BCUT2D eigenvalue weighted by Gasteiger charge is 2.40. The zero-order valence-corrected chi connectivity index (χ0v) is 11.8. The van der Waals surface area contributed by atoms with E-state index in [1.807, 2.05) is 30.6 Å². The zero-order valence-electron chi connectivity index (χ0n) is 10.9. The van der Waals surface area contributed by atoms with Crippen LogP contribution in [0.15, 0.2) is 0 Å². The fourth-order valence-corrected chi connectivity index (χ4v) is 4.28. The Kier molecular flexibility index (Phi) is 4.03. The Morgan fingerprint density at radius 1 is 1.41 bits per heavy atom. The summed E-state index contributed by atoms with van der Waals surface area (Å²) >= 11 is 1.95. The first kappa shape index (κ1) is 13.2. The highest BCUT2D eigenvalue weighted by Crippen LogP contribution is 2.34. The topological polar surface area (TPSA) is 46.3 Å². The summed E-state index contributed by atoms with van der Waals surface area (Å²) in [6.07, 6.45) is 5.41. The molecule has 1 aliphatic carbocycles. The van der Waals surface area contributed by atoms with Gasteiger partial charge in [0.1, 0.15) is 0 Å². The minimum Gasteiger partial charge on any atom is -0.342 e. The Bertz CT molecular complexity index is 287. The maximum atomic E-state index is 12.5. The van der Waals surface area contributed by atoms with Gasteiger partial charge in [-0.15, -0.1) is 0 Å². The van der Waals surface area contributed by atoms with Crippen molar-refractivity contribution in [2.75, 3.05) is 18.6 Å². The maximum Gasteiger partial charge on any atom is 0.227 e. The Balaban J connectivity index is 2.02. The number of carbonyl (C=O) groups is 1. The SMILES string of the molecule is CN(C(=O)C1CCCCC1(C)N)C1CCSC1. The molecule has 1 aliphatic heterocycles. The monoisotopic (exact) mass is 256 g/mol. The van der Waals surface area contributed by atoms with Crippen molar-refractivity contribution in [2.24, 2.45) is 11.7 Å². The average Bonchev–Trinajstić information content (AvgIpc) is 2.80. The molecule has 1 saturated carbocycles. The standard InChI is InChI=1S/C13H24N2OS/c1-13(14)7-4-3-5-11(13)12(16)15(2)10-6-8-17-9-10/h10-11H,3-9,14H2,1-2H3. The van der Waals surface area contributed by atoms with Crippen LogP contribution in [0.4, 0.5) is 0 Å². The summed E-state index contributed by atoms with van der Waals surface area (Å²) in [6, 6.07) is 0.435. The van der Waals surface area contributed by atoms with Crippen molar-refractivity contribution >= 4 is 17.7 Å². The number of carbonyl (C=O) groups excluding carboxylic acids is 1. The largest absolute Gasteiger partial charge is 0.342 e. The minimum atomic E-state index is -0.296. The second-order valence-corrected chi connectivity index (χ2v) is 6.92. The Hall–Kier alpha value is -0.220. The third-order valence-electron chi connectivity index (χ3n) is 4.35. The fraction of sp³-hybridized carbons (Fsp3) is 0.923. The summed E-state index contributed by atoms with van der Waals surface area (Å²) in [6.45, 7) is 2.05. The van der Waals surface area contributed by atoms with Crippen LogP contribution in [-0.2, 0) is 4.79 Å². The van der Waals surface area contributed by atoms with Crippen LogP contribution in [0.1, 0.15) is 39.0 Å². The molecule has 3 nitrogen and oxygen atoms in total. The van der Waals surface area contributed by atoms with Crippen LogP contribution in [0.5, 0.6) is 0 Å². The van der Waals surface area contributed by atoms with Gasteiger partial charge in [0.15, 0.2) is 0 Å². The van der Waals surface area contributed by atoms with E-state index in [9.17, 15) is 4.79 Å². The molecule has 0 aromatic rings. The summed E-state index contributed by atoms with van der Waals surface area (Å²) in [4.78, 5) is 14.5.